The molecule has 0 spiro atoms. The summed E-state index contributed by atoms with van der Waals surface area (Å²) in [6.45, 7) is 3.92. The Morgan fingerprint density at radius 1 is 0.839 bits per heavy atom. The molecule has 0 heterocycles. The van der Waals surface area contributed by atoms with E-state index >= 15 is 0 Å². The summed E-state index contributed by atoms with van der Waals surface area (Å²) in [5, 5.41) is 0. The first-order valence-electron chi connectivity index (χ1n) is 11.2. The SMILES string of the molecule is CCCCCCCCCCOc1c(OC)cc(C(=O)OCC[N+](C)(C)C)cc1OC.[I-]. The Balaban J connectivity index is 0.00000900. The van der Waals surface area contributed by atoms with E-state index < -0.39 is 5.97 Å². The number of unbranched alkanes of at least 4 members (excludes halogenated alkanes) is 7. The third-order valence-electron chi connectivity index (χ3n) is 4.94. The smallest absolute Gasteiger partial charge is 0.338 e. The summed E-state index contributed by atoms with van der Waals surface area (Å²) >= 11 is 0. The second-order valence-corrected chi connectivity index (χ2v) is 8.68. The first-order chi connectivity index (χ1) is 14.3. The molecule has 1 aromatic rings. The van der Waals surface area contributed by atoms with Crippen LogP contribution in [0.2, 0.25) is 0 Å². The number of benzene rings is 1. The van der Waals surface area contributed by atoms with Gasteiger partial charge in [-0.3, -0.25) is 0 Å². The zero-order valence-corrected chi connectivity index (χ0v) is 22.5. The molecule has 0 unspecified atom stereocenters. The molecule has 0 aromatic heterocycles. The van der Waals surface area contributed by atoms with Gasteiger partial charge in [0.1, 0.15) is 13.2 Å². The Bertz CT molecular complexity index is 606. The molecular formula is C24H42INO5. The number of carbonyl (C=O) groups is 1. The largest absolute Gasteiger partial charge is 1.00 e. The first-order valence-corrected chi connectivity index (χ1v) is 11.2. The van der Waals surface area contributed by atoms with Crippen LogP contribution in [0.5, 0.6) is 17.2 Å². The number of halogens is 1. The molecule has 0 amide bonds. The highest BCUT2D eigenvalue weighted by Crippen LogP contribution is 2.39. The van der Waals surface area contributed by atoms with Crippen LogP contribution in [0.1, 0.15) is 68.6 Å². The average molecular weight is 552 g/mol. The number of ether oxygens (including phenoxy) is 4. The van der Waals surface area contributed by atoms with E-state index in [0.29, 0.717) is 36.0 Å². The molecule has 6 nitrogen and oxygen atoms in total. The van der Waals surface area contributed by atoms with Crippen molar-refractivity contribution in [1.29, 1.82) is 0 Å². The fourth-order valence-corrected chi connectivity index (χ4v) is 3.05. The van der Waals surface area contributed by atoms with Gasteiger partial charge in [-0.1, -0.05) is 51.9 Å². The number of quaternary nitrogens is 1. The quantitative estimate of drug-likeness (QED) is 0.136. The maximum Gasteiger partial charge on any atom is 0.338 e. The Kier molecular flexibility index (Phi) is 15.8. The van der Waals surface area contributed by atoms with Crippen molar-refractivity contribution in [2.45, 2.75) is 58.3 Å². The van der Waals surface area contributed by atoms with Crippen LogP contribution in [-0.2, 0) is 4.74 Å². The van der Waals surface area contributed by atoms with Gasteiger partial charge in [-0.2, -0.15) is 0 Å². The minimum absolute atomic E-state index is 0. The van der Waals surface area contributed by atoms with Gasteiger partial charge in [0.05, 0.1) is 47.5 Å². The Labute approximate surface area is 206 Å². The predicted octanol–water partition coefficient (Wildman–Crippen LogP) is 2.09. The minimum atomic E-state index is -0.394. The van der Waals surface area contributed by atoms with E-state index in [1.165, 1.54) is 38.5 Å². The monoisotopic (exact) mass is 551 g/mol. The van der Waals surface area contributed by atoms with Gasteiger partial charge in [0.15, 0.2) is 11.5 Å². The number of rotatable bonds is 16. The summed E-state index contributed by atoms with van der Waals surface area (Å²) in [6.07, 6.45) is 9.93. The maximum atomic E-state index is 12.4. The molecule has 180 valence electrons. The van der Waals surface area contributed by atoms with E-state index in [1.54, 1.807) is 26.4 Å². The fraction of sp³-hybridized carbons (Fsp3) is 0.708. The molecule has 1 aromatic carbocycles. The molecule has 0 aliphatic carbocycles. The normalized spacial score (nSPS) is 10.9. The van der Waals surface area contributed by atoms with Gasteiger partial charge in [0.2, 0.25) is 5.75 Å². The third kappa shape index (κ3) is 12.4. The van der Waals surface area contributed by atoms with Crippen LogP contribution in [0.4, 0.5) is 0 Å². The van der Waals surface area contributed by atoms with Crippen molar-refractivity contribution in [2.75, 3.05) is 55.1 Å². The summed E-state index contributed by atoms with van der Waals surface area (Å²) < 4.78 is 23.0. The topological polar surface area (TPSA) is 54.0 Å². The highest BCUT2D eigenvalue weighted by atomic mass is 127. The van der Waals surface area contributed by atoms with Crippen LogP contribution in [0.3, 0.4) is 0 Å². The van der Waals surface area contributed by atoms with Crippen molar-refractivity contribution in [3.05, 3.63) is 17.7 Å². The van der Waals surface area contributed by atoms with Gasteiger partial charge in [0.25, 0.3) is 0 Å². The standard InChI is InChI=1S/C24H42NO5.HI/c1-7-8-9-10-11-12-13-14-16-29-23-21(27-5)18-20(19-22(23)28-6)24(26)30-17-15-25(2,3)4;/h18-19H,7-17H2,1-6H3;1H/q+1;/p-1. The molecule has 0 aliphatic rings. The second kappa shape index (κ2) is 16.4. The zero-order valence-electron chi connectivity index (χ0n) is 20.3. The van der Waals surface area contributed by atoms with E-state index in [-0.39, 0.29) is 24.0 Å². The third-order valence-corrected chi connectivity index (χ3v) is 4.94. The number of methoxy groups -OCH3 is 2. The highest BCUT2D eigenvalue weighted by molar-refractivity contribution is 5.91. The Hall–Kier alpha value is -1.22. The van der Waals surface area contributed by atoms with Gasteiger partial charge in [-0.25, -0.2) is 4.79 Å². The molecule has 0 saturated carbocycles. The van der Waals surface area contributed by atoms with E-state index in [2.05, 4.69) is 28.1 Å². The van der Waals surface area contributed by atoms with Gasteiger partial charge >= 0.3 is 5.97 Å². The number of hydrogen-bond acceptors (Lipinski definition) is 5. The van der Waals surface area contributed by atoms with Gasteiger partial charge in [0, 0.05) is 0 Å². The van der Waals surface area contributed by atoms with Crippen molar-refractivity contribution in [3.63, 3.8) is 0 Å². The molecule has 0 radical (unpaired) electrons. The van der Waals surface area contributed by atoms with E-state index in [4.69, 9.17) is 18.9 Å². The average Bonchev–Trinajstić information content (AvgIpc) is 2.71. The summed E-state index contributed by atoms with van der Waals surface area (Å²) in [5.41, 5.74) is 0.393. The van der Waals surface area contributed by atoms with Gasteiger partial charge in [-0.05, 0) is 18.6 Å². The Morgan fingerprint density at radius 2 is 1.35 bits per heavy atom. The molecule has 7 heteroatoms. The lowest BCUT2D eigenvalue weighted by molar-refractivity contribution is -0.870. The van der Waals surface area contributed by atoms with Crippen molar-refractivity contribution in [3.8, 4) is 17.2 Å². The first kappa shape index (κ1) is 29.8. The van der Waals surface area contributed by atoms with Crippen LogP contribution in [0.15, 0.2) is 12.1 Å². The van der Waals surface area contributed by atoms with Crippen molar-refractivity contribution >= 4 is 5.97 Å². The van der Waals surface area contributed by atoms with Crippen LogP contribution in [0.25, 0.3) is 0 Å². The highest BCUT2D eigenvalue weighted by Gasteiger charge is 2.19. The molecule has 0 bridgehead atoms. The summed E-state index contributed by atoms with van der Waals surface area (Å²) in [5.74, 6) is 1.10. The van der Waals surface area contributed by atoms with Gasteiger partial charge < -0.3 is 47.4 Å². The van der Waals surface area contributed by atoms with E-state index in [9.17, 15) is 4.79 Å². The molecule has 0 N–H and O–H groups in total. The number of likely N-dealkylation sites (N-methyl/N-ethyl adjacent to an activating group) is 1. The van der Waals surface area contributed by atoms with Crippen LogP contribution in [-0.4, -0.2) is 65.6 Å². The Morgan fingerprint density at radius 3 is 1.84 bits per heavy atom. The van der Waals surface area contributed by atoms with Crippen molar-refractivity contribution in [1.82, 2.24) is 0 Å². The fourth-order valence-electron chi connectivity index (χ4n) is 3.05. The lowest BCUT2D eigenvalue weighted by Crippen LogP contribution is -3.00. The predicted molar refractivity (Wildman–Crippen MR) is 121 cm³/mol. The second-order valence-electron chi connectivity index (χ2n) is 8.68. The molecule has 31 heavy (non-hydrogen) atoms. The van der Waals surface area contributed by atoms with E-state index in [0.717, 1.165) is 23.9 Å². The summed E-state index contributed by atoms with van der Waals surface area (Å²) in [6, 6.07) is 3.31. The lowest BCUT2D eigenvalue weighted by atomic mass is 10.1. The van der Waals surface area contributed by atoms with Crippen LogP contribution >= 0.6 is 0 Å². The number of hydrogen-bond donors (Lipinski definition) is 0. The van der Waals surface area contributed by atoms with Crippen LogP contribution < -0.4 is 38.2 Å². The molecular weight excluding hydrogens is 509 g/mol. The zero-order chi connectivity index (χ0) is 22.4. The molecule has 0 aliphatic heterocycles. The van der Waals surface area contributed by atoms with Gasteiger partial charge in [-0.15, -0.1) is 0 Å². The number of nitrogens with zero attached hydrogens (tertiary/aromatic N) is 1. The summed E-state index contributed by atoms with van der Waals surface area (Å²) in [4.78, 5) is 12.4. The van der Waals surface area contributed by atoms with E-state index in [1.807, 2.05) is 0 Å². The lowest BCUT2D eigenvalue weighted by Gasteiger charge is -2.23. The number of esters is 1. The van der Waals surface area contributed by atoms with Crippen molar-refractivity contribution < 1.29 is 52.2 Å². The number of carbonyl (C=O) groups excluding carboxylic acids is 1. The molecule has 1 rings (SSSR count). The molecule has 0 fully saturated rings. The minimum Gasteiger partial charge on any atom is -1.00 e. The van der Waals surface area contributed by atoms with Crippen LogP contribution in [0, 0.1) is 0 Å². The maximum absolute atomic E-state index is 12.4. The molecule has 0 atom stereocenters. The molecule has 0 saturated heterocycles. The van der Waals surface area contributed by atoms with Crippen molar-refractivity contribution in [2.24, 2.45) is 0 Å². The summed E-state index contributed by atoms with van der Waals surface area (Å²) in [7, 11) is 9.28.